The molecule has 3 nitrogen and oxygen atoms in total. The predicted octanol–water partition coefficient (Wildman–Crippen LogP) is 2.50. The number of pyridine rings is 1. The fourth-order valence-corrected chi connectivity index (χ4v) is 2.48. The number of nitrogens with one attached hydrogen (secondary N) is 1. The summed E-state index contributed by atoms with van der Waals surface area (Å²) in [5, 5.41) is 3.47. The number of rotatable bonds is 2. The van der Waals surface area contributed by atoms with Gasteiger partial charge in [-0.15, -0.1) is 0 Å². The molecule has 1 N–H and O–H groups in total. The van der Waals surface area contributed by atoms with E-state index >= 15 is 0 Å². The van der Waals surface area contributed by atoms with Gasteiger partial charge in [-0.2, -0.15) is 0 Å². The van der Waals surface area contributed by atoms with Crippen LogP contribution in [0.5, 0.6) is 0 Å². The van der Waals surface area contributed by atoms with Gasteiger partial charge in [0, 0.05) is 31.5 Å². The Morgan fingerprint density at radius 3 is 2.95 bits per heavy atom. The molecule has 98 valence electrons. The van der Waals surface area contributed by atoms with Gasteiger partial charge >= 0.3 is 0 Å². The van der Waals surface area contributed by atoms with E-state index in [0.29, 0.717) is 0 Å². The van der Waals surface area contributed by atoms with E-state index in [1.54, 1.807) is 0 Å². The molecule has 1 aromatic heterocycles. The fourth-order valence-electron chi connectivity index (χ4n) is 2.48. The predicted molar refractivity (Wildman–Crippen MR) is 78.2 cm³/mol. The number of hydrogen-bond donors (Lipinski definition) is 1. The van der Waals surface area contributed by atoms with Crippen LogP contribution < -0.4 is 10.2 Å². The summed E-state index contributed by atoms with van der Waals surface area (Å²) in [6, 6.07) is 12.9. The van der Waals surface area contributed by atoms with E-state index in [1.807, 2.05) is 6.20 Å². The minimum atomic E-state index is 0.874. The van der Waals surface area contributed by atoms with Crippen LogP contribution in [0.4, 0.5) is 5.69 Å². The van der Waals surface area contributed by atoms with Gasteiger partial charge in [0.05, 0.1) is 12.2 Å². The van der Waals surface area contributed by atoms with E-state index in [2.05, 4.69) is 58.5 Å². The second kappa shape index (κ2) is 5.41. The zero-order valence-corrected chi connectivity index (χ0v) is 11.3. The molecular formula is C16H19N3. The molecule has 0 atom stereocenters. The van der Waals surface area contributed by atoms with Crippen molar-refractivity contribution in [3.63, 3.8) is 0 Å². The highest BCUT2D eigenvalue weighted by Gasteiger charge is 2.14. The van der Waals surface area contributed by atoms with Crippen LogP contribution in [0.15, 0.2) is 42.6 Å². The Kier molecular flexibility index (Phi) is 3.47. The van der Waals surface area contributed by atoms with Crippen molar-refractivity contribution in [2.24, 2.45) is 0 Å². The zero-order chi connectivity index (χ0) is 13.1. The third-order valence-corrected chi connectivity index (χ3v) is 3.53. The van der Waals surface area contributed by atoms with Crippen LogP contribution in [0.3, 0.4) is 0 Å². The molecule has 1 aliphatic heterocycles. The summed E-state index contributed by atoms with van der Waals surface area (Å²) in [6.07, 6.45) is 1.94. The monoisotopic (exact) mass is 253 g/mol. The quantitative estimate of drug-likeness (QED) is 0.891. The molecule has 0 radical (unpaired) electrons. The average molecular weight is 253 g/mol. The second-order valence-corrected chi connectivity index (χ2v) is 5.05. The first-order chi connectivity index (χ1) is 9.33. The lowest BCUT2D eigenvalue weighted by molar-refractivity contribution is 0.685. The average Bonchev–Trinajstić information content (AvgIpc) is 2.64. The van der Waals surface area contributed by atoms with E-state index in [1.165, 1.54) is 16.8 Å². The molecule has 0 spiro atoms. The summed E-state index contributed by atoms with van der Waals surface area (Å²) in [4.78, 5) is 6.92. The van der Waals surface area contributed by atoms with E-state index in [9.17, 15) is 0 Å². The van der Waals surface area contributed by atoms with E-state index in [4.69, 9.17) is 0 Å². The van der Waals surface area contributed by atoms with Crippen LogP contribution in [0, 0.1) is 6.92 Å². The highest BCUT2D eigenvalue weighted by molar-refractivity contribution is 5.54. The topological polar surface area (TPSA) is 28.2 Å². The Hall–Kier alpha value is -1.87. The van der Waals surface area contributed by atoms with Crippen molar-refractivity contribution in [2.75, 3.05) is 18.0 Å². The van der Waals surface area contributed by atoms with Gasteiger partial charge < -0.3 is 10.2 Å². The van der Waals surface area contributed by atoms with Crippen LogP contribution in [0.1, 0.15) is 16.8 Å². The maximum Gasteiger partial charge on any atom is 0.0602 e. The number of anilines is 1. The Morgan fingerprint density at radius 1 is 1.21 bits per heavy atom. The van der Waals surface area contributed by atoms with Gasteiger partial charge in [-0.25, -0.2) is 0 Å². The van der Waals surface area contributed by atoms with Crippen molar-refractivity contribution >= 4 is 5.69 Å². The van der Waals surface area contributed by atoms with Gasteiger partial charge in [0.25, 0.3) is 0 Å². The Morgan fingerprint density at radius 2 is 2.11 bits per heavy atom. The molecule has 0 unspecified atom stereocenters. The first-order valence-electron chi connectivity index (χ1n) is 6.78. The number of benzene rings is 1. The lowest BCUT2D eigenvalue weighted by Crippen LogP contribution is -2.28. The molecule has 0 amide bonds. The Balaban J connectivity index is 1.86. The molecule has 0 aliphatic carbocycles. The molecule has 1 aliphatic rings. The Bertz CT molecular complexity index is 548. The molecular weight excluding hydrogens is 234 g/mol. The van der Waals surface area contributed by atoms with Crippen LogP contribution in [-0.4, -0.2) is 18.1 Å². The fraction of sp³-hybridized carbons (Fsp3) is 0.312. The highest BCUT2D eigenvalue weighted by atomic mass is 15.2. The first kappa shape index (κ1) is 12.2. The summed E-state index contributed by atoms with van der Waals surface area (Å²) < 4.78 is 0. The standard InChI is InChI=1S/C16H19N3/c1-13-6-7-15(18-10-13)12-19-9-8-17-11-14-4-2-3-5-16(14)19/h2-7,10,17H,8-9,11-12H2,1H3. The second-order valence-electron chi connectivity index (χ2n) is 5.05. The van der Waals surface area contributed by atoms with Crippen molar-refractivity contribution in [3.8, 4) is 0 Å². The molecule has 0 saturated carbocycles. The minimum absolute atomic E-state index is 0.874. The van der Waals surface area contributed by atoms with Crippen LogP contribution in [0.25, 0.3) is 0 Å². The van der Waals surface area contributed by atoms with E-state index < -0.39 is 0 Å². The number of aromatic nitrogens is 1. The van der Waals surface area contributed by atoms with Crippen molar-refractivity contribution < 1.29 is 0 Å². The van der Waals surface area contributed by atoms with Crippen molar-refractivity contribution in [1.29, 1.82) is 0 Å². The Labute approximate surface area is 114 Å². The van der Waals surface area contributed by atoms with Crippen LogP contribution in [-0.2, 0) is 13.1 Å². The minimum Gasteiger partial charge on any atom is -0.364 e. The number of para-hydroxylation sites is 1. The lowest BCUT2D eigenvalue weighted by atomic mass is 10.1. The van der Waals surface area contributed by atoms with Gasteiger partial charge in [-0.05, 0) is 30.2 Å². The van der Waals surface area contributed by atoms with E-state index in [0.717, 1.165) is 31.9 Å². The summed E-state index contributed by atoms with van der Waals surface area (Å²) in [6.45, 7) is 5.93. The molecule has 3 heteroatoms. The van der Waals surface area contributed by atoms with Crippen molar-refractivity contribution in [1.82, 2.24) is 10.3 Å². The van der Waals surface area contributed by atoms with Crippen molar-refractivity contribution in [2.45, 2.75) is 20.0 Å². The van der Waals surface area contributed by atoms with Crippen LogP contribution >= 0.6 is 0 Å². The maximum atomic E-state index is 4.51. The normalized spacial score (nSPS) is 14.9. The van der Waals surface area contributed by atoms with Gasteiger partial charge in [0.15, 0.2) is 0 Å². The number of nitrogens with zero attached hydrogens (tertiary/aromatic N) is 2. The van der Waals surface area contributed by atoms with Gasteiger partial charge in [0.1, 0.15) is 0 Å². The SMILES string of the molecule is Cc1ccc(CN2CCNCc3ccccc32)nc1. The summed E-state index contributed by atoms with van der Waals surface area (Å²) in [7, 11) is 0. The summed E-state index contributed by atoms with van der Waals surface area (Å²) in [5.41, 5.74) is 5.03. The zero-order valence-electron chi connectivity index (χ0n) is 11.3. The number of fused-ring (bicyclic) bond motifs is 1. The summed E-state index contributed by atoms with van der Waals surface area (Å²) >= 11 is 0. The molecule has 0 bridgehead atoms. The largest absolute Gasteiger partial charge is 0.364 e. The van der Waals surface area contributed by atoms with Gasteiger partial charge in [-0.3, -0.25) is 4.98 Å². The molecule has 3 rings (SSSR count). The van der Waals surface area contributed by atoms with Gasteiger partial charge in [-0.1, -0.05) is 24.3 Å². The lowest BCUT2D eigenvalue weighted by Gasteiger charge is -2.24. The number of hydrogen-bond acceptors (Lipinski definition) is 3. The molecule has 19 heavy (non-hydrogen) atoms. The molecule has 0 fully saturated rings. The smallest absolute Gasteiger partial charge is 0.0602 e. The molecule has 2 heterocycles. The molecule has 0 saturated heterocycles. The van der Waals surface area contributed by atoms with Crippen molar-refractivity contribution in [3.05, 3.63) is 59.4 Å². The third-order valence-electron chi connectivity index (χ3n) is 3.53. The maximum absolute atomic E-state index is 4.51. The van der Waals surface area contributed by atoms with Crippen LogP contribution in [0.2, 0.25) is 0 Å². The van der Waals surface area contributed by atoms with Gasteiger partial charge in [0.2, 0.25) is 0 Å². The summed E-state index contributed by atoms with van der Waals surface area (Å²) in [5.74, 6) is 0. The number of aryl methyl sites for hydroxylation is 1. The van der Waals surface area contributed by atoms with E-state index in [-0.39, 0.29) is 0 Å². The highest BCUT2D eigenvalue weighted by Crippen LogP contribution is 2.23. The third kappa shape index (κ3) is 2.76. The molecule has 2 aromatic rings. The molecule has 1 aromatic carbocycles. The first-order valence-corrected chi connectivity index (χ1v) is 6.78.